The molecule has 0 spiro atoms. The van der Waals surface area contributed by atoms with Crippen LogP contribution in [0, 0.1) is 17.7 Å². The Morgan fingerprint density at radius 2 is 1.80 bits per heavy atom. The fraction of sp³-hybridized carbons (Fsp3) is 0.625. The van der Waals surface area contributed by atoms with E-state index in [4.69, 9.17) is 28.8 Å². The van der Waals surface area contributed by atoms with E-state index in [-0.39, 0.29) is 49.4 Å². The molecule has 2 heterocycles. The summed E-state index contributed by atoms with van der Waals surface area (Å²) >= 11 is 0. The lowest BCUT2D eigenvalue weighted by Gasteiger charge is -2.29. The first kappa shape index (κ1) is 31.4. The van der Waals surface area contributed by atoms with Gasteiger partial charge in [-0.2, -0.15) is 0 Å². The van der Waals surface area contributed by atoms with Crippen LogP contribution in [0.1, 0.15) is 64.2 Å². The second kappa shape index (κ2) is 16.8. The van der Waals surface area contributed by atoms with E-state index in [1.165, 1.54) is 12.1 Å². The van der Waals surface area contributed by atoms with Crippen LogP contribution in [-0.4, -0.2) is 66.9 Å². The summed E-state index contributed by atoms with van der Waals surface area (Å²) in [7, 11) is 0. The molecule has 3 aliphatic rings. The minimum absolute atomic E-state index is 0.0572. The maximum atomic E-state index is 13.4. The van der Waals surface area contributed by atoms with Gasteiger partial charge in [-0.05, 0) is 93.7 Å². The smallest absolute Gasteiger partial charge is 0.303 e. The Morgan fingerprint density at radius 3 is 2.49 bits per heavy atom. The monoisotopic (exact) mass is 574 g/mol. The summed E-state index contributed by atoms with van der Waals surface area (Å²) in [6, 6.07) is 5.88. The molecule has 9 heteroatoms. The third kappa shape index (κ3) is 10.7. The molecule has 1 saturated carbocycles. The lowest BCUT2D eigenvalue weighted by molar-refractivity contribution is -0.193. The number of allylic oxidation sites excluding steroid dienone is 1. The maximum absolute atomic E-state index is 13.4. The van der Waals surface area contributed by atoms with E-state index in [9.17, 15) is 14.3 Å². The molecule has 1 aliphatic carbocycles. The second-order valence-corrected chi connectivity index (χ2v) is 10.9. The molecule has 0 radical (unpaired) electrons. The van der Waals surface area contributed by atoms with Gasteiger partial charge in [-0.25, -0.2) is 4.39 Å². The van der Waals surface area contributed by atoms with Gasteiger partial charge in [-0.3, -0.25) is 4.79 Å². The van der Waals surface area contributed by atoms with Crippen molar-refractivity contribution in [2.24, 2.45) is 11.8 Å². The number of hydrogen-bond donors (Lipinski definition) is 2. The molecule has 7 atom stereocenters. The Hall–Kier alpha value is -2.52. The van der Waals surface area contributed by atoms with Crippen molar-refractivity contribution < 1.29 is 43.1 Å². The first-order chi connectivity index (χ1) is 20.0. The lowest BCUT2D eigenvalue weighted by Crippen LogP contribution is -2.32. The second-order valence-electron chi connectivity index (χ2n) is 10.9. The van der Waals surface area contributed by atoms with Crippen LogP contribution in [0.15, 0.2) is 54.3 Å². The molecule has 2 saturated heterocycles. The molecular formula is C32H43FO8. The molecule has 0 amide bonds. The van der Waals surface area contributed by atoms with Gasteiger partial charge < -0.3 is 33.9 Å². The zero-order valence-electron chi connectivity index (χ0n) is 23.6. The molecule has 2 N–H and O–H groups in total. The Labute approximate surface area is 241 Å². The Balaban J connectivity index is 1.47. The number of aliphatic hydroxyl groups excluding tert-OH is 1. The van der Waals surface area contributed by atoms with Crippen molar-refractivity contribution >= 4 is 5.97 Å². The molecule has 41 heavy (non-hydrogen) atoms. The first-order valence-corrected chi connectivity index (χ1v) is 14.9. The number of ether oxygens (including phenoxy) is 5. The van der Waals surface area contributed by atoms with Crippen LogP contribution < -0.4 is 4.74 Å². The Kier molecular flexibility index (Phi) is 12.9. The predicted molar refractivity (Wildman–Crippen MR) is 150 cm³/mol. The van der Waals surface area contributed by atoms with Crippen LogP contribution >= 0.6 is 0 Å². The van der Waals surface area contributed by atoms with E-state index in [1.54, 1.807) is 18.2 Å². The van der Waals surface area contributed by atoms with Crippen molar-refractivity contribution in [2.45, 2.75) is 95.1 Å². The number of carboxylic acids is 1. The van der Waals surface area contributed by atoms with Crippen molar-refractivity contribution in [1.82, 2.24) is 0 Å². The molecular weight excluding hydrogens is 531 g/mol. The number of hydrogen-bond acceptors (Lipinski definition) is 7. The average Bonchev–Trinajstić information content (AvgIpc) is 3.27. The topological polar surface area (TPSA) is 104 Å². The summed E-state index contributed by atoms with van der Waals surface area (Å²) in [6.45, 7) is 1.54. The van der Waals surface area contributed by atoms with Gasteiger partial charge in [0, 0.05) is 32.0 Å². The van der Waals surface area contributed by atoms with Gasteiger partial charge in [0.05, 0.1) is 12.2 Å². The summed E-state index contributed by atoms with van der Waals surface area (Å²) in [5.74, 6) is -0.863. The van der Waals surface area contributed by atoms with E-state index >= 15 is 0 Å². The molecule has 8 nitrogen and oxygen atoms in total. The largest absolute Gasteiger partial charge is 0.491 e. The number of benzene rings is 1. The van der Waals surface area contributed by atoms with Gasteiger partial charge in [0.2, 0.25) is 0 Å². The van der Waals surface area contributed by atoms with Gasteiger partial charge in [0.25, 0.3) is 0 Å². The molecule has 0 bridgehead atoms. The fourth-order valence-corrected chi connectivity index (χ4v) is 5.52. The summed E-state index contributed by atoms with van der Waals surface area (Å²) in [5, 5.41) is 19.9. The minimum atomic E-state index is -0.844. The van der Waals surface area contributed by atoms with Gasteiger partial charge in [0.15, 0.2) is 12.6 Å². The standard InChI is InChI=1S/C32H43FO8/c33-23-13-15-24(16-14-23)39-22-25(40-31-11-5-7-19-37-31)17-18-27-26(9-3-1-2-4-10-30(35)36)28(34)21-29(27)41-32-12-6-8-20-38-32/h2-3,13-18,25-29,31-32,34H,4-12,19-22H2,(H,35,36)/b18-17+/t1?,25?,26-,27-,28?,29?,31?,32?/m1/s1. The molecule has 226 valence electrons. The van der Waals surface area contributed by atoms with Gasteiger partial charge in [0.1, 0.15) is 24.3 Å². The van der Waals surface area contributed by atoms with E-state index in [2.05, 4.69) is 11.8 Å². The van der Waals surface area contributed by atoms with E-state index < -0.39 is 18.2 Å². The molecule has 2 aliphatic heterocycles. The highest BCUT2D eigenvalue weighted by molar-refractivity contribution is 5.66. The summed E-state index contributed by atoms with van der Waals surface area (Å²) in [4.78, 5) is 10.8. The van der Waals surface area contributed by atoms with Crippen molar-refractivity contribution in [1.29, 1.82) is 0 Å². The minimum Gasteiger partial charge on any atom is -0.491 e. The Bertz CT molecular complexity index is 1010. The van der Waals surface area contributed by atoms with E-state index in [1.807, 2.05) is 12.2 Å². The number of rotatable bonds is 14. The normalized spacial score (nSPS) is 29.1. The molecule has 5 unspecified atom stereocenters. The van der Waals surface area contributed by atoms with Crippen LogP contribution in [0.4, 0.5) is 4.39 Å². The summed E-state index contributed by atoms with van der Waals surface area (Å²) in [5.41, 5.74) is 3.06. The number of aliphatic hydroxyl groups is 1. The zero-order chi connectivity index (χ0) is 28.9. The molecule has 1 aromatic carbocycles. The molecule has 4 rings (SSSR count). The van der Waals surface area contributed by atoms with Crippen LogP contribution in [0.5, 0.6) is 5.75 Å². The number of carboxylic acid groups (broad SMARTS) is 1. The highest BCUT2D eigenvalue weighted by atomic mass is 19.1. The maximum Gasteiger partial charge on any atom is 0.303 e. The Morgan fingerprint density at radius 1 is 1.07 bits per heavy atom. The molecule has 3 fully saturated rings. The zero-order valence-corrected chi connectivity index (χ0v) is 23.6. The SMILES string of the molecule is O=C(O)CCC=C=CC[C@H]1C(O)CC(OC2CCCCO2)[C@@H]1/C=C/C(COc1ccc(F)cc1)OC1CCCCO1. The van der Waals surface area contributed by atoms with Gasteiger partial charge in [-0.15, -0.1) is 5.73 Å². The number of aliphatic carboxylic acids is 1. The van der Waals surface area contributed by atoms with Crippen LogP contribution in [0.25, 0.3) is 0 Å². The van der Waals surface area contributed by atoms with Gasteiger partial charge >= 0.3 is 5.97 Å². The van der Waals surface area contributed by atoms with Crippen molar-refractivity contribution in [3.8, 4) is 5.75 Å². The molecule has 1 aromatic rings. The van der Waals surface area contributed by atoms with E-state index in [0.717, 1.165) is 38.5 Å². The third-order valence-electron chi connectivity index (χ3n) is 7.72. The number of carbonyl (C=O) groups is 1. The predicted octanol–water partition coefficient (Wildman–Crippen LogP) is 5.55. The van der Waals surface area contributed by atoms with Crippen LogP contribution in [0.2, 0.25) is 0 Å². The highest BCUT2D eigenvalue weighted by Crippen LogP contribution is 2.39. The van der Waals surface area contributed by atoms with E-state index in [0.29, 0.717) is 38.2 Å². The van der Waals surface area contributed by atoms with Crippen LogP contribution in [-0.2, 0) is 23.7 Å². The highest BCUT2D eigenvalue weighted by Gasteiger charge is 2.42. The lowest BCUT2D eigenvalue weighted by atomic mass is 9.89. The van der Waals surface area contributed by atoms with Gasteiger partial charge in [-0.1, -0.05) is 12.2 Å². The van der Waals surface area contributed by atoms with Crippen molar-refractivity contribution in [3.63, 3.8) is 0 Å². The molecule has 0 aromatic heterocycles. The van der Waals surface area contributed by atoms with Crippen LogP contribution in [0.3, 0.4) is 0 Å². The first-order valence-electron chi connectivity index (χ1n) is 14.9. The quantitative estimate of drug-likeness (QED) is 0.220. The third-order valence-corrected chi connectivity index (χ3v) is 7.72. The van der Waals surface area contributed by atoms with Crippen molar-refractivity contribution in [3.05, 3.63) is 60.1 Å². The fourth-order valence-electron chi connectivity index (χ4n) is 5.52. The van der Waals surface area contributed by atoms with Crippen molar-refractivity contribution in [2.75, 3.05) is 19.8 Å². The summed E-state index contributed by atoms with van der Waals surface area (Å²) in [6.07, 6.45) is 13.0. The number of halogens is 1. The average molecular weight is 575 g/mol. The summed E-state index contributed by atoms with van der Waals surface area (Å²) < 4.78 is 43.6.